The number of ether oxygens (including phenoxy) is 1. The fourth-order valence-corrected chi connectivity index (χ4v) is 3.10. The highest BCUT2D eigenvalue weighted by atomic mass is 19.1. The Kier molecular flexibility index (Phi) is 5.34. The van der Waals surface area contributed by atoms with Crippen LogP contribution in [-0.2, 0) is 11.3 Å². The largest absolute Gasteiger partial charge is 0.494 e. The molecule has 3 rings (SSSR count). The molecule has 0 saturated carbocycles. The maximum Gasteiger partial charge on any atom is 0.227 e. The Bertz CT molecular complexity index is 746. The number of benzene rings is 2. The van der Waals surface area contributed by atoms with Gasteiger partial charge < -0.3 is 15.0 Å². The minimum atomic E-state index is -0.326. The normalized spacial score (nSPS) is 15.5. The van der Waals surface area contributed by atoms with Gasteiger partial charge in [0.2, 0.25) is 5.91 Å². The van der Waals surface area contributed by atoms with Crippen LogP contribution < -0.4 is 15.0 Å². The summed E-state index contributed by atoms with van der Waals surface area (Å²) in [7, 11) is 1.46. The Balaban J connectivity index is 1.63. The molecule has 1 saturated heterocycles. The number of amides is 1. The Morgan fingerprint density at radius 3 is 2.64 bits per heavy atom. The number of nitrogens with zero attached hydrogens (tertiary/aromatic N) is 1. The summed E-state index contributed by atoms with van der Waals surface area (Å²) >= 11 is 0. The molecule has 0 radical (unpaired) electrons. The van der Waals surface area contributed by atoms with Crippen LogP contribution in [0.15, 0.2) is 42.5 Å². The zero-order valence-electron chi connectivity index (χ0n) is 14.6. The van der Waals surface area contributed by atoms with Crippen molar-refractivity contribution in [3.8, 4) is 5.75 Å². The summed E-state index contributed by atoms with van der Waals surface area (Å²) in [5, 5.41) is 3.33. The molecule has 4 nitrogen and oxygen atoms in total. The predicted octanol–water partition coefficient (Wildman–Crippen LogP) is 3.81. The Morgan fingerprint density at radius 1 is 1.24 bits per heavy atom. The lowest BCUT2D eigenvalue weighted by molar-refractivity contribution is -0.117. The Labute approximate surface area is 147 Å². The molecule has 1 atom stereocenters. The minimum Gasteiger partial charge on any atom is -0.494 e. The van der Waals surface area contributed by atoms with Crippen LogP contribution >= 0.6 is 0 Å². The minimum absolute atomic E-state index is 0.0638. The van der Waals surface area contributed by atoms with E-state index in [0.29, 0.717) is 18.5 Å². The number of hydrogen-bond donors (Lipinski definition) is 1. The highest BCUT2D eigenvalue weighted by Gasteiger charge is 2.21. The van der Waals surface area contributed by atoms with Crippen LogP contribution in [0.3, 0.4) is 0 Å². The summed E-state index contributed by atoms with van der Waals surface area (Å²) in [5.41, 5.74) is 2.61. The van der Waals surface area contributed by atoms with Crippen LogP contribution in [0.5, 0.6) is 5.75 Å². The van der Waals surface area contributed by atoms with Gasteiger partial charge in [-0.25, -0.2) is 4.39 Å². The summed E-state index contributed by atoms with van der Waals surface area (Å²) in [4.78, 5) is 13.6. The summed E-state index contributed by atoms with van der Waals surface area (Å²) in [5.74, 6) is 0.117. The van der Waals surface area contributed by atoms with E-state index in [1.165, 1.54) is 7.11 Å². The smallest absolute Gasteiger partial charge is 0.227 e. The van der Waals surface area contributed by atoms with Crippen molar-refractivity contribution in [2.24, 2.45) is 0 Å². The molecule has 25 heavy (non-hydrogen) atoms. The lowest BCUT2D eigenvalue weighted by atomic mass is 10.1. The van der Waals surface area contributed by atoms with E-state index in [2.05, 4.69) is 5.32 Å². The van der Waals surface area contributed by atoms with E-state index in [1.807, 2.05) is 36.1 Å². The van der Waals surface area contributed by atoms with Crippen molar-refractivity contribution in [2.75, 3.05) is 18.6 Å². The molecular weight excluding hydrogens is 319 g/mol. The number of carbonyl (C=O) groups excluding carboxylic acids is 1. The van der Waals surface area contributed by atoms with Crippen LogP contribution in [0.4, 0.5) is 10.1 Å². The monoisotopic (exact) mass is 342 g/mol. The van der Waals surface area contributed by atoms with E-state index in [9.17, 15) is 9.18 Å². The number of nitrogens with one attached hydrogen (secondary N) is 1. The van der Waals surface area contributed by atoms with Gasteiger partial charge >= 0.3 is 0 Å². The number of carbonyl (C=O) groups is 1. The fraction of sp³-hybridized carbons (Fsp3) is 0.350. The van der Waals surface area contributed by atoms with E-state index in [4.69, 9.17) is 4.74 Å². The van der Waals surface area contributed by atoms with Gasteiger partial charge in [-0.05, 0) is 37.1 Å². The molecule has 1 aliphatic rings. The van der Waals surface area contributed by atoms with E-state index in [0.717, 1.165) is 24.2 Å². The van der Waals surface area contributed by atoms with Gasteiger partial charge in [-0.2, -0.15) is 0 Å². The van der Waals surface area contributed by atoms with E-state index < -0.39 is 0 Å². The first-order valence-electron chi connectivity index (χ1n) is 8.55. The Morgan fingerprint density at radius 2 is 2.00 bits per heavy atom. The molecule has 2 aromatic carbocycles. The van der Waals surface area contributed by atoms with Gasteiger partial charge in [-0.3, -0.25) is 4.79 Å². The van der Waals surface area contributed by atoms with E-state index >= 15 is 0 Å². The number of anilines is 1. The third kappa shape index (κ3) is 3.82. The van der Waals surface area contributed by atoms with Crippen LogP contribution in [0, 0.1) is 5.82 Å². The highest BCUT2D eigenvalue weighted by Crippen LogP contribution is 2.24. The first kappa shape index (κ1) is 17.4. The molecule has 1 amide bonds. The third-order valence-corrected chi connectivity index (χ3v) is 4.64. The summed E-state index contributed by atoms with van der Waals surface area (Å²) in [6.07, 6.45) is 1.55. The SMILES string of the molecule is COc1cccc(CNC(C)c2ccc(N3CCCC3=O)cc2)c1F. The van der Waals surface area contributed by atoms with Gasteiger partial charge in [0.1, 0.15) is 0 Å². The van der Waals surface area contributed by atoms with Crippen molar-refractivity contribution in [1.29, 1.82) is 0 Å². The molecule has 132 valence electrons. The quantitative estimate of drug-likeness (QED) is 0.868. The topological polar surface area (TPSA) is 41.6 Å². The van der Waals surface area contributed by atoms with Gasteiger partial charge in [0.25, 0.3) is 0 Å². The second-order valence-electron chi connectivity index (χ2n) is 6.28. The lowest BCUT2D eigenvalue weighted by Gasteiger charge is -2.19. The van der Waals surface area contributed by atoms with Gasteiger partial charge in [0.15, 0.2) is 11.6 Å². The summed E-state index contributed by atoms with van der Waals surface area (Å²) in [6.45, 7) is 3.24. The van der Waals surface area contributed by atoms with Gasteiger partial charge in [0, 0.05) is 36.8 Å². The average molecular weight is 342 g/mol. The average Bonchev–Trinajstić information content (AvgIpc) is 3.06. The fourth-order valence-electron chi connectivity index (χ4n) is 3.10. The standard InChI is InChI=1S/C20H23FN2O2/c1-14(22-13-16-5-3-6-18(25-2)20(16)21)15-8-10-17(11-9-15)23-12-4-7-19(23)24/h3,5-6,8-11,14,22H,4,7,12-13H2,1-2H3. The molecule has 1 aliphatic heterocycles. The Hall–Kier alpha value is -2.40. The maximum absolute atomic E-state index is 14.2. The number of halogens is 1. The third-order valence-electron chi connectivity index (χ3n) is 4.64. The maximum atomic E-state index is 14.2. The van der Waals surface area contributed by atoms with Crippen LogP contribution in [0.25, 0.3) is 0 Å². The number of rotatable bonds is 6. The predicted molar refractivity (Wildman–Crippen MR) is 96.2 cm³/mol. The van der Waals surface area contributed by atoms with Crippen molar-refractivity contribution >= 4 is 11.6 Å². The van der Waals surface area contributed by atoms with Crippen molar-refractivity contribution in [1.82, 2.24) is 5.32 Å². The van der Waals surface area contributed by atoms with Gasteiger partial charge in [-0.1, -0.05) is 24.3 Å². The number of methoxy groups -OCH3 is 1. The van der Waals surface area contributed by atoms with Crippen LogP contribution in [0.1, 0.15) is 36.9 Å². The molecule has 0 aromatic heterocycles. The van der Waals surface area contributed by atoms with Crippen molar-refractivity contribution in [3.63, 3.8) is 0 Å². The molecule has 0 bridgehead atoms. The first-order chi connectivity index (χ1) is 12.1. The van der Waals surface area contributed by atoms with Crippen molar-refractivity contribution in [2.45, 2.75) is 32.4 Å². The second kappa shape index (κ2) is 7.66. The molecule has 5 heteroatoms. The molecule has 0 spiro atoms. The van der Waals surface area contributed by atoms with Crippen molar-refractivity contribution in [3.05, 3.63) is 59.4 Å². The lowest BCUT2D eigenvalue weighted by Crippen LogP contribution is -2.24. The first-order valence-corrected chi connectivity index (χ1v) is 8.55. The molecule has 0 aliphatic carbocycles. The number of hydrogen-bond acceptors (Lipinski definition) is 3. The zero-order chi connectivity index (χ0) is 17.8. The van der Waals surface area contributed by atoms with Gasteiger partial charge in [-0.15, -0.1) is 0 Å². The summed E-state index contributed by atoms with van der Waals surface area (Å²) in [6, 6.07) is 13.2. The molecule has 1 fully saturated rings. The molecule has 2 aromatic rings. The van der Waals surface area contributed by atoms with Crippen molar-refractivity contribution < 1.29 is 13.9 Å². The molecular formula is C20H23FN2O2. The molecule has 1 N–H and O–H groups in total. The highest BCUT2D eigenvalue weighted by molar-refractivity contribution is 5.95. The molecule has 1 heterocycles. The van der Waals surface area contributed by atoms with Crippen LogP contribution in [-0.4, -0.2) is 19.6 Å². The second-order valence-corrected chi connectivity index (χ2v) is 6.28. The van der Waals surface area contributed by atoms with Gasteiger partial charge in [0.05, 0.1) is 7.11 Å². The van der Waals surface area contributed by atoms with E-state index in [-0.39, 0.29) is 23.5 Å². The molecule has 1 unspecified atom stereocenters. The van der Waals surface area contributed by atoms with E-state index in [1.54, 1.807) is 18.2 Å². The zero-order valence-corrected chi connectivity index (χ0v) is 14.6. The summed E-state index contributed by atoms with van der Waals surface area (Å²) < 4.78 is 19.2. The van der Waals surface area contributed by atoms with Crippen LogP contribution in [0.2, 0.25) is 0 Å².